The van der Waals surface area contributed by atoms with Crippen LogP contribution in [0.15, 0.2) is 24.3 Å². The maximum atomic E-state index is 12.7. The van der Waals surface area contributed by atoms with Crippen LogP contribution >= 0.6 is 0 Å². The fraction of sp³-hybridized carbons (Fsp3) is 0.600. The average Bonchev–Trinajstić information content (AvgIpc) is 3.05. The number of nitrogens with zero attached hydrogens (tertiary/aromatic N) is 2. The van der Waals surface area contributed by atoms with Crippen LogP contribution in [0.5, 0.6) is 0 Å². The molecule has 1 aromatic rings. The van der Waals surface area contributed by atoms with Crippen LogP contribution in [0.2, 0.25) is 0 Å². The lowest BCUT2D eigenvalue weighted by molar-refractivity contribution is -0.140. The van der Waals surface area contributed by atoms with Crippen LogP contribution in [0.25, 0.3) is 0 Å². The Kier molecular flexibility index (Phi) is 6.59. The van der Waals surface area contributed by atoms with Gasteiger partial charge in [0.15, 0.2) is 0 Å². The molecular weight excluding hydrogens is 314 g/mol. The zero-order valence-corrected chi connectivity index (χ0v) is 16.1. The minimum atomic E-state index is -0.323. The quantitative estimate of drug-likeness (QED) is 0.861. The molecule has 1 aromatic carbocycles. The van der Waals surface area contributed by atoms with E-state index in [9.17, 15) is 9.59 Å². The molecule has 0 spiro atoms. The van der Waals surface area contributed by atoms with E-state index < -0.39 is 0 Å². The van der Waals surface area contributed by atoms with E-state index in [2.05, 4.69) is 41.4 Å². The summed E-state index contributed by atoms with van der Waals surface area (Å²) < 4.78 is 0. The topological polar surface area (TPSA) is 52.7 Å². The molecule has 0 bridgehead atoms. The number of likely N-dealkylation sites (N-methyl/N-ethyl adjacent to an activating group) is 1. The summed E-state index contributed by atoms with van der Waals surface area (Å²) in [6.07, 6.45) is 1.65. The van der Waals surface area contributed by atoms with Gasteiger partial charge in [-0.15, -0.1) is 0 Å². The predicted molar refractivity (Wildman–Crippen MR) is 100 cm³/mol. The van der Waals surface area contributed by atoms with E-state index in [1.54, 1.807) is 4.90 Å². The Morgan fingerprint density at radius 3 is 2.44 bits per heavy atom. The SMILES string of the molecule is Cc1ccc([C@@H](CNC(=O)[C@@H]2CCCN2C(=O)C(C)C)N(C)C)cc1. The van der Waals surface area contributed by atoms with Crippen molar-refractivity contribution in [3.05, 3.63) is 35.4 Å². The standard InChI is InChI=1S/C20H31N3O2/c1-14(2)20(25)23-12-6-7-17(23)19(24)21-13-18(22(4)5)16-10-8-15(3)9-11-16/h8-11,14,17-18H,6-7,12-13H2,1-5H3,(H,21,24)/t17-,18+/m0/s1. The highest BCUT2D eigenvalue weighted by atomic mass is 16.2. The zero-order valence-electron chi connectivity index (χ0n) is 16.1. The van der Waals surface area contributed by atoms with Crippen molar-refractivity contribution in [2.75, 3.05) is 27.2 Å². The first-order valence-electron chi connectivity index (χ1n) is 9.12. The molecule has 1 aliphatic rings. The molecule has 1 heterocycles. The summed E-state index contributed by atoms with van der Waals surface area (Å²) in [6.45, 7) is 7.06. The molecular formula is C20H31N3O2. The fourth-order valence-electron chi connectivity index (χ4n) is 3.34. The van der Waals surface area contributed by atoms with Gasteiger partial charge in [-0.05, 0) is 39.4 Å². The molecule has 1 N–H and O–H groups in total. The van der Waals surface area contributed by atoms with Gasteiger partial charge in [-0.25, -0.2) is 0 Å². The Morgan fingerprint density at radius 1 is 1.24 bits per heavy atom. The second-order valence-corrected chi connectivity index (χ2v) is 7.48. The van der Waals surface area contributed by atoms with E-state index in [1.807, 2.05) is 27.9 Å². The molecule has 0 aliphatic carbocycles. The van der Waals surface area contributed by atoms with Crippen molar-refractivity contribution in [1.29, 1.82) is 0 Å². The number of hydrogen-bond donors (Lipinski definition) is 1. The van der Waals surface area contributed by atoms with E-state index in [0.29, 0.717) is 13.1 Å². The highest BCUT2D eigenvalue weighted by molar-refractivity contribution is 5.88. The van der Waals surface area contributed by atoms with Crippen LogP contribution < -0.4 is 5.32 Å². The number of carbonyl (C=O) groups is 2. The highest BCUT2D eigenvalue weighted by Gasteiger charge is 2.35. The van der Waals surface area contributed by atoms with Crippen molar-refractivity contribution in [2.24, 2.45) is 5.92 Å². The van der Waals surface area contributed by atoms with Crippen LogP contribution in [0.4, 0.5) is 0 Å². The van der Waals surface area contributed by atoms with Gasteiger partial charge in [0.1, 0.15) is 6.04 Å². The average molecular weight is 345 g/mol. The molecule has 0 unspecified atom stereocenters. The maximum absolute atomic E-state index is 12.7. The first-order chi connectivity index (χ1) is 11.8. The van der Waals surface area contributed by atoms with Gasteiger partial charge in [0.2, 0.25) is 11.8 Å². The van der Waals surface area contributed by atoms with Crippen molar-refractivity contribution in [2.45, 2.75) is 45.7 Å². The maximum Gasteiger partial charge on any atom is 0.242 e. The summed E-state index contributed by atoms with van der Waals surface area (Å²) in [5.74, 6) is -0.0405. The number of likely N-dealkylation sites (tertiary alicyclic amines) is 1. The van der Waals surface area contributed by atoms with Crippen molar-refractivity contribution in [1.82, 2.24) is 15.1 Å². The molecule has 1 saturated heterocycles. The smallest absolute Gasteiger partial charge is 0.242 e. The van der Waals surface area contributed by atoms with E-state index in [-0.39, 0.29) is 29.8 Å². The molecule has 0 saturated carbocycles. The number of nitrogens with one attached hydrogen (secondary N) is 1. The molecule has 1 aliphatic heterocycles. The van der Waals surface area contributed by atoms with Crippen molar-refractivity contribution in [3.8, 4) is 0 Å². The normalized spacial score (nSPS) is 18.7. The third-order valence-electron chi connectivity index (χ3n) is 4.89. The lowest BCUT2D eigenvalue weighted by Crippen LogP contribution is -2.48. The second-order valence-electron chi connectivity index (χ2n) is 7.48. The molecule has 5 heteroatoms. The van der Waals surface area contributed by atoms with Crippen LogP contribution in [0.3, 0.4) is 0 Å². The van der Waals surface area contributed by atoms with Crippen LogP contribution in [0, 0.1) is 12.8 Å². The van der Waals surface area contributed by atoms with Gasteiger partial charge in [-0.2, -0.15) is 0 Å². The molecule has 2 amide bonds. The summed E-state index contributed by atoms with van der Waals surface area (Å²) >= 11 is 0. The van der Waals surface area contributed by atoms with Gasteiger partial charge in [-0.3, -0.25) is 9.59 Å². The Hall–Kier alpha value is -1.88. The van der Waals surface area contributed by atoms with Crippen molar-refractivity contribution >= 4 is 11.8 Å². The van der Waals surface area contributed by atoms with Gasteiger partial charge in [-0.1, -0.05) is 43.7 Å². The summed E-state index contributed by atoms with van der Waals surface area (Å²) in [4.78, 5) is 28.8. The summed E-state index contributed by atoms with van der Waals surface area (Å²) in [6, 6.07) is 8.18. The number of rotatable bonds is 6. The Morgan fingerprint density at radius 2 is 1.88 bits per heavy atom. The third kappa shape index (κ3) is 4.82. The molecule has 0 radical (unpaired) electrons. The van der Waals surface area contributed by atoms with Crippen LogP contribution in [0.1, 0.15) is 43.9 Å². The molecule has 2 rings (SSSR count). The van der Waals surface area contributed by atoms with Crippen LogP contribution in [-0.4, -0.2) is 54.8 Å². The molecule has 2 atom stereocenters. The lowest BCUT2D eigenvalue weighted by atomic mass is 10.0. The monoisotopic (exact) mass is 345 g/mol. The van der Waals surface area contributed by atoms with Crippen molar-refractivity contribution in [3.63, 3.8) is 0 Å². The number of hydrogen-bond acceptors (Lipinski definition) is 3. The number of aryl methyl sites for hydroxylation is 1. The summed E-state index contributed by atoms with van der Waals surface area (Å²) in [7, 11) is 4.03. The molecule has 5 nitrogen and oxygen atoms in total. The van der Waals surface area contributed by atoms with Gasteiger partial charge >= 0.3 is 0 Å². The van der Waals surface area contributed by atoms with Gasteiger partial charge in [0.25, 0.3) is 0 Å². The predicted octanol–water partition coefficient (Wildman–Crippen LogP) is 2.36. The van der Waals surface area contributed by atoms with Crippen molar-refractivity contribution < 1.29 is 9.59 Å². The lowest BCUT2D eigenvalue weighted by Gasteiger charge is -2.28. The molecule has 138 valence electrons. The highest BCUT2D eigenvalue weighted by Crippen LogP contribution is 2.21. The summed E-state index contributed by atoms with van der Waals surface area (Å²) in [5, 5.41) is 3.07. The Labute approximate surface area is 151 Å². The Balaban J connectivity index is 2.01. The third-order valence-corrected chi connectivity index (χ3v) is 4.89. The van der Waals surface area contributed by atoms with Crippen LogP contribution in [-0.2, 0) is 9.59 Å². The van der Waals surface area contributed by atoms with Gasteiger partial charge in [0.05, 0.1) is 6.04 Å². The van der Waals surface area contributed by atoms with E-state index in [0.717, 1.165) is 12.8 Å². The number of carbonyl (C=O) groups excluding carboxylic acids is 2. The Bertz CT molecular complexity index is 595. The van der Waals surface area contributed by atoms with E-state index in [1.165, 1.54) is 11.1 Å². The fourth-order valence-corrected chi connectivity index (χ4v) is 3.34. The molecule has 25 heavy (non-hydrogen) atoms. The number of amides is 2. The van der Waals surface area contributed by atoms with E-state index in [4.69, 9.17) is 0 Å². The minimum Gasteiger partial charge on any atom is -0.352 e. The zero-order chi connectivity index (χ0) is 18.6. The summed E-state index contributed by atoms with van der Waals surface area (Å²) in [5.41, 5.74) is 2.40. The first kappa shape index (κ1) is 19.4. The second kappa shape index (κ2) is 8.48. The number of benzene rings is 1. The van der Waals surface area contributed by atoms with E-state index >= 15 is 0 Å². The van der Waals surface area contributed by atoms with Gasteiger partial charge in [0, 0.05) is 19.0 Å². The molecule has 0 aromatic heterocycles. The first-order valence-corrected chi connectivity index (χ1v) is 9.12. The molecule has 1 fully saturated rings. The largest absolute Gasteiger partial charge is 0.352 e. The minimum absolute atomic E-state index is 0.0366. The van der Waals surface area contributed by atoms with Gasteiger partial charge < -0.3 is 15.1 Å².